The summed E-state index contributed by atoms with van der Waals surface area (Å²) < 4.78 is 52.7. The van der Waals surface area contributed by atoms with E-state index in [0.29, 0.717) is 0 Å². The molecule has 7 aromatic rings. The first-order valence-electron chi connectivity index (χ1n) is 16.6. The maximum absolute atomic E-state index is 11.0. The van der Waals surface area contributed by atoms with Crippen LogP contribution in [0.2, 0.25) is 0 Å². The van der Waals surface area contributed by atoms with E-state index in [1.807, 2.05) is 75.9 Å². The highest BCUT2D eigenvalue weighted by atomic mass is 32.2. The number of thiazole rings is 1. The molecule has 7 heterocycles. The van der Waals surface area contributed by atoms with Crippen molar-refractivity contribution in [1.29, 1.82) is 5.26 Å². The number of halogens is 2. The van der Waals surface area contributed by atoms with Gasteiger partial charge in [-0.3, -0.25) is 15.0 Å². The molecule has 17 heteroatoms. The third-order valence-electron chi connectivity index (χ3n) is 5.21. The third kappa shape index (κ3) is 36.6. The number of hydrogen-bond acceptors (Lipinski definition) is 13. The van der Waals surface area contributed by atoms with Crippen LogP contribution in [-0.2, 0) is 16.9 Å². The number of rotatable bonds is 0. The molecule has 0 bridgehead atoms. The van der Waals surface area contributed by atoms with E-state index in [-0.39, 0.29) is 0 Å². The summed E-state index contributed by atoms with van der Waals surface area (Å²) in [4.78, 5) is 15.6. The quantitative estimate of drug-likeness (QED) is 0.142. The van der Waals surface area contributed by atoms with Crippen molar-refractivity contribution in [3.8, 4) is 6.07 Å². The number of nitrogens with zero attached hydrogens (tertiary/aromatic N) is 9. The average molecular weight is 814 g/mol. The molecule has 0 saturated heterocycles. The minimum absolute atomic E-state index is 0.718. The number of nitriles is 1. The number of aromatic nitrogens is 8. The third-order valence-corrected chi connectivity index (χ3v) is 5.91. The first-order valence-corrected chi connectivity index (χ1v) is 19.7. The molecule has 13 nitrogen and oxygen atoms in total. The van der Waals surface area contributed by atoms with Crippen LogP contribution in [0.3, 0.4) is 0 Å². The molecule has 0 aliphatic heterocycles. The van der Waals surface area contributed by atoms with Crippen molar-refractivity contribution in [3.63, 3.8) is 0 Å². The molecule has 0 radical (unpaired) electrons. The van der Waals surface area contributed by atoms with Gasteiger partial charge in [-0.05, 0) is 83.4 Å². The Labute approximate surface area is 333 Å². The summed E-state index contributed by atoms with van der Waals surface area (Å²) in [6, 6.07) is 11.4. The van der Waals surface area contributed by atoms with Gasteiger partial charge in [0.25, 0.3) is 0 Å². The van der Waals surface area contributed by atoms with Gasteiger partial charge in [-0.1, -0.05) is 11.2 Å². The summed E-state index contributed by atoms with van der Waals surface area (Å²) in [7, 11) is -0.616. The van der Waals surface area contributed by atoms with Crippen molar-refractivity contribution in [2.24, 2.45) is 7.05 Å². The number of aryl methyl sites for hydroxylation is 7. The van der Waals surface area contributed by atoms with Crippen molar-refractivity contribution < 1.29 is 26.1 Å². The molecule has 0 aromatic carbocycles. The van der Waals surface area contributed by atoms with Crippen LogP contribution in [0.4, 0.5) is 8.78 Å². The van der Waals surface area contributed by atoms with Gasteiger partial charge in [0.05, 0.1) is 35.2 Å². The summed E-state index contributed by atoms with van der Waals surface area (Å²) in [5, 5.41) is 22.3. The molecule has 0 aliphatic rings. The van der Waals surface area contributed by atoms with Crippen LogP contribution < -0.4 is 0 Å². The Hall–Kier alpha value is -5.73. The molecule has 0 amide bonds. The molecular weight excluding hydrogens is 761 g/mol. The van der Waals surface area contributed by atoms with E-state index >= 15 is 0 Å². The van der Waals surface area contributed by atoms with Gasteiger partial charge >= 0.3 is 0 Å². The first-order chi connectivity index (χ1) is 26.2. The number of alkyl halides is 2. The summed E-state index contributed by atoms with van der Waals surface area (Å²) in [6.07, 6.45) is 21.8. The number of hydrogen-bond donors (Lipinski definition) is 0. The summed E-state index contributed by atoms with van der Waals surface area (Å²) in [5.41, 5.74) is 4.89. The number of sulfone groups is 1. The van der Waals surface area contributed by atoms with Gasteiger partial charge in [-0.15, -0.1) is 11.3 Å². The van der Waals surface area contributed by atoms with E-state index in [0.717, 1.165) is 48.6 Å². The van der Waals surface area contributed by atoms with Crippen LogP contribution in [0.15, 0.2) is 113 Å². The first kappa shape index (κ1) is 52.4. The molecule has 0 unspecified atom stereocenters. The van der Waals surface area contributed by atoms with E-state index < -0.39 is 15.8 Å². The van der Waals surface area contributed by atoms with Crippen LogP contribution in [0.5, 0.6) is 0 Å². The summed E-state index contributed by atoms with van der Waals surface area (Å²) in [5.74, 6) is -0.926. The standard InChI is InChI=1S/C9H10N2.C6H7N.C5H6N2.2C4H5NO.C4H5NS.C3H6F2.C2H3N.C2H6O2S/c1-7-6-11(2)9-3-4-10-5-8(7)9;1-6-3-2-4-7-5-6;1-5-2-3-6-7-4-5;1-4-5-2-3-6-4;1-4-2-3-5-6-4;1-4-5-2-3-6-4;1-3(2,4)5;1-2-3;1-5(2,3)4/h3-6H,1-2H3;2-5H,1H3;2-4H,1H3;3*2-3H,1H3;1-2H3;1H3;1-2H3. The average Bonchev–Trinajstić information content (AvgIpc) is 3.94. The van der Waals surface area contributed by atoms with Crippen LogP contribution >= 0.6 is 11.3 Å². The molecule has 304 valence electrons. The Morgan fingerprint density at radius 3 is 1.70 bits per heavy atom. The normalized spacial score (nSPS) is 9.38. The summed E-state index contributed by atoms with van der Waals surface area (Å²) >= 11 is 1.67. The molecule has 56 heavy (non-hydrogen) atoms. The lowest BCUT2D eigenvalue weighted by molar-refractivity contribution is 0.0437. The van der Waals surface area contributed by atoms with Crippen LogP contribution in [-0.4, -0.2) is 66.7 Å². The molecule has 7 rings (SSSR count). The fourth-order valence-corrected chi connectivity index (χ4v) is 3.54. The lowest BCUT2D eigenvalue weighted by Gasteiger charge is -1.94. The van der Waals surface area contributed by atoms with E-state index in [2.05, 4.69) is 64.5 Å². The zero-order chi connectivity index (χ0) is 43.0. The lowest BCUT2D eigenvalue weighted by Crippen LogP contribution is -1.98. The SMILES string of the molecule is CC#N.CC(C)(F)F.CS(C)(=O)=O.Cc1cccnc1.Cc1ccnnc1.Cc1ccno1.Cc1cn(C)c2ccncc12.Cc1ncco1.Cc1nccs1. The van der Waals surface area contributed by atoms with E-state index in [1.54, 1.807) is 73.8 Å². The Bertz CT molecular complexity index is 1900. The zero-order valence-corrected chi connectivity index (χ0v) is 35.7. The van der Waals surface area contributed by atoms with Gasteiger partial charge in [-0.25, -0.2) is 22.2 Å². The fourth-order valence-electron chi connectivity index (χ4n) is 3.10. The molecule has 0 saturated carbocycles. The maximum Gasteiger partial charge on any atom is 0.242 e. The number of fused-ring (bicyclic) bond motifs is 1. The highest BCUT2D eigenvalue weighted by molar-refractivity contribution is 7.89. The van der Waals surface area contributed by atoms with Crippen molar-refractivity contribution in [2.75, 3.05) is 12.5 Å². The van der Waals surface area contributed by atoms with E-state index in [1.165, 1.54) is 29.0 Å². The largest absolute Gasteiger partial charge is 0.449 e. The fraction of sp³-hybridized carbons (Fsp3) is 0.333. The maximum atomic E-state index is 11.0. The van der Waals surface area contributed by atoms with Gasteiger partial charge in [0.2, 0.25) is 5.92 Å². The predicted octanol–water partition coefficient (Wildman–Crippen LogP) is 9.33. The highest BCUT2D eigenvalue weighted by Crippen LogP contribution is 2.17. The number of oxazole rings is 1. The van der Waals surface area contributed by atoms with Gasteiger partial charge in [0.1, 0.15) is 21.9 Å². The van der Waals surface area contributed by atoms with Gasteiger partial charge in [-0.2, -0.15) is 15.5 Å². The van der Waals surface area contributed by atoms with Crippen molar-refractivity contribution in [2.45, 2.75) is 68.2 Å². The second-order valence-electron chi connectivity index (χ2n) is 11.7. The van der Waals surface area contributed by atoms with E-state index in [9.17, 15) is 17.2 Å². The minimum Gasteiger partial charge on any atom is -0.449 e. The van der Waals surface area contributed by atoms with E-state index in [4.69, 9.17) is 9.68 Å². The summed E-state index contributed by atoms with van der Waals surface area (Å²) in [6.45, 7) is 14.9. The smallest absolute Gasteiger partial charge is 0.242 e. The number of pyridine rings is 2. The zero-order valence-electron chi connectivity index (χ0n) is 34.0. The predicted molar refractivity (Wildman–Crippen MR) is 219 cm³/mol. The molecule has 0 atom stereocenters. The second kappa shape index (κ2) is 30.6. The van der Waals surface area contributed by atoms with Crippen LogP contribution in [0.1, 0.15) is 54.1 Å². The molecule has 7 aromatic heterocycles. The Balaban J connectivity index is 0. The van der Waals surface area contributed by atoms with Crippen LogP contribution in [0, 0.1) is 52.9 Å². The topological polar surface area (TPSA) is 179 Å². The molecule has 0 spiro atoms. The van der Waals surface area contributed by atoms with Gasteiger partial charge in [0, 0.05) is 93.6 Å². The Kier molecular flexibility index (Phi) is 28.6. The lowest BCUT2D eigenvalue weighted by atomic mass is 10.2. The van der Waals surface area contributed by atoms with Gasteiger partial charge in [0.15, 0.2) is 5.89 Å². The van der Waals surface area contributed by atoms with Gasteiger partial charge < -0.3 is 13.5 Å². The van der Waals surface area contributed by atoms with Crippen molar-refractivity contribution in [1.82, 2.24) is 39.9 Å². The van der Waals surface area contributed by atoms with Crippen LogP contribution in [0.25, 0.3) is 10.9 Å². The monoisotopic (exact) mass is 813 g/mol. The molecule has 0 N–H and O–H groups in total. The molecular formula is C39H53F2N9O4S2. The Morgan fingerprint density at radius 2 is 1.43 bits per heavy atom. The second-order valence-corrected chi connectivity index (χ2v) is 15.1. The minimum atomic E-state index is -2.67. The molecule has 0 aliphatic carbocycles. The van der Waals surface area contributed by atoms with Crippen molar-refractivity contribution >= 4 is 32.1 Å². The van der Waals surface area contributed by atoms with Crippen molar-refractivity contribution in [3.05, 3.63) is 137 Å². The highest BCUT2D eigenvalue weighted by Gasteiger charge is 2.08. The Morgan fingerprint density at radius 1 is 0.821 bits per heavy atom. The molecule has 0 fully saturated rings.